The Hall–Kier alpha value is -2.61. The van der Waals surface area contributed by atoms with Crippen LogP contribution in [0.2, 0.25) is 0 Å². The van der Waals surface area contributed by atoms with Gasteiger partial charge in [-0.1, -0.05) is 0 Å². The standard InChI is InChI=1S/C16H15FN4/c17-13-3-5-14(6-4-13)20-8-10-21(11-9-20)16-2-1-7-19-15(16)12-18/h1-7H,8-11H2. The van der Waals surface area contributed by atoms with Crippen molar-refractivity contribution in [2.45, 2.75) is 0 Å². The molecule has 1 aromatic heterocycles. The third-order valence-electron chi connectivity index (χ3n) is 3.70. The highest BCUT2D eigenvalue weighted by Gasteiger charge is 2.19. The highest BCUT2D eigenvalue weighted by molar-refractivity contribution is 5.57. The second-order valence-electron chi connectivity index (χ2n) is 4.93. The van der Waals surface area contributed by atoms with E-state index in [-0.39, 0.29) is 5.82 Å². The molecule has 3 rings (SSSR count). The van der Waals surface area contributed by atoms with Gasteiger partial charge in [-0.25, -0.2) is 9.37 Å². The van der Waals surface area contributed by atoms with Crippen LogP contribution in [0.5, 0.6) is 0 Å². The van der Waals surface area contributed by atoms with E-state index < -0.39 is 0 Å². The molecule has 0 saturated carbocycles. The van der Waals surface area contributed by atoms with Crippen LogP contribution in [-0.2, 0) is 0 Å². The van der Waals surface area contributed by atoms with Gasteiger partial charge >= 0.3 is 0 Å². The molecule has 1 fully saturated rings. The van der Waals surface area contributed by atoms with Crippen molar-refractivity contribution in [3.05, 3.63) is 54.1 Å². The number of aromatic nitrogens is 1. The van der Waals surface area contributed by atoms with E-state index in [1.165, 1.54) is 12.1 Å². The number of nitriles is 1. The molecule has 5 heteroatoms. The van der Waals surface area contributed by atoms with Crippen molar-refractivity contribution in [3.63, 3.8) is 0 Å². The lowest BCUT2D eigenvalue weighted by molar-refractivity contribution is 0.624. The van der Waals surface area contributed by atoms with Crippen LogP contribution < -0.4 is 9.80 Å². The molecule has 1 aromatic carbocycles. The number of hydrogen-bond donors (Lipinski definition) is 0. The van der Waals surface area contributed by atoms with Crippen LogP contribution in [-0.4, -0.2) is 31.2 Å². The number of piperazine rings is 1. The third-order valence-corrected chi connectivity index (χ3v) is 3.70. The first-order valence-electron chi connectivity index (χ1n) is 6.88. The topological polar surface area (TPSA) is 43.2 Å². The Morgan fingerprint density at radius 2 is 1.67 bits per heavy atom. The Balaban J connectivity index is 1.70. The van der Waals surface area contributed by atoms with Gasteiger partial charge in [-0.3, -0.25) is 0 Å². The van der Waals surface area contributed by atoms with Crippen molar-refractivity contribution in [3.8, 4) is 6.07 Å². The summed E-state index contributed by atoms with van der Waals surface area (Å²) in [5.41, 5.74) is 2.38. The number of benzene rings is 1. The highest BCUT2D eigenvalue weighted by atomic mass is 19.1. The van der Waals surface area contributed by atoms with E-state index in [2.05, 4.69) is 20.9 Å². The molecule has 1 saturated heterocycles. The molecule has 21 heavy (non-hydrogen) atoms. The number of nitrogens with zero attached hydrogens (tertiary/aromatic N) is 4. The molecule has 0 unspecified atom stereocenters. The molecular weight excluding hydrogens is 267 g/mol. The van der Waals surface area contributed by atoms with E-state index in [0.29, 0.717) is 5.69 Å². The minimum atomic E-state index is -0.216. The van der Waals surface area contributed by atoms with E-state index in [0.717, 1.165) is 37.6 Å². The third kappa shape index (κ3) is 2.79. The monoisotopic (exact) mass is 282 g/mol. The Labute approximate surface area is 123 Å². The summed E-state index contributed by atoms with van der Waals surface area (Å²) in [4.78, 5) is 8.49. The van der Waals surface area contributed by atoms with Crippen LogP contribution in [0.4, 0.5) is 15.8 Å². The molecule has 0 amide bonds. The molecule has 0 spiro atoms. The molecule has 2 heterocycles. The summed E-state index contributed by atoms with van der Waals surface area (Å²) in [5.74, 6) is -0.216. The average Bonchev–Trinajstić information content (AvgIpc) is 2.56. The summed E-state index contributed by atoms with van der Waals surface area (Å²) < 4.78 is 13.0. The van der Waals surface area contributed by atoms with Crippen LogP contribution in [0.15, 0.2) is 42.6 Å². The molecule has 0 aliphatic carbocycles. The number of anilines is 2. The normalized spacial score (nSPS) is 14.9. The van der Waals surface area contributed by atoms with Crippen molar-refractivity contribution >= 4 is 11.4 Å². The van der Waals surface area contributed by atoms with Crippen molar-refractivity contribution in [1.29, 1.82) is 5.26 Å². The molecule has 1 aliphatic heterocycles. The lowest BCUT2D eigenvalue weighted by atomic mass is 10.2. The summed E-state index contributed by atoms with van der Waals surface area (Å²) in [5, 5.41) is 9.12. The first-order valence-corrected chi connectivity index (χ1v) is 6.88. The lowest BCUT2D eigenvalue weighted by Crippen LogP contribution is -2.46. The van der Waals surface area contributed by atoms with Gasteiger partial charge in [-0.05, 0) is 36.4 Å². The summed E-state index contributed by atoms with van der Waals surface area (Å²) in [6.07, 6.45) is 1.64. The van der Waals surface area contributed by atoms with Gasteiger partial charge in [0.2, 0.25) is 0 Å². The first kappa shape index (κ1) is 13.4. The molecule has 0 atom stereocenters. The number of pyridine rings is 1. The first-order chi connectivity index (χ1) is 10.3. The molecule has 1 aliphatic rings. The fourth-order valence-electron chi connectivity index (χ4n) is 2.60. The average molecular weight is 282 g/mol. The number of rotatable bonds is 2. The molecule has 0 radical (unpaired) electrons. The molecule has 0 N–H and O–H groups in total. The zero-order valence-electron chi connectivity index (χ0n) is 11.5. The maximum absolute atomic E-state index is 13.0. The largest absolute Gasteiger partial charge is 0.368 e. The molecule has 2 aromatic rings. The van der Waals surface area contributed by atoms with Gasteiger partial charge in [-0.15, -0.1) is 0 Å². The Bertz CT molecular complexity index is 655. The molecular formula is C16H15FN4. The van der Waals surface area contributed by atoms with Crippen LogP contribution >= 0.6 is 0 Å². The number of halogens is 1. The SMILES string of the molecule is N#Cc1ncccc1N1CCN(c2ccc(F)cc2)CC1. The van der Waals surface area contributed by atoms with Crippen molar-refractivity contribution < 1.29 is 4.39 Å². The summed E-state index contributed by atoms with van der Waals surface area (Å²) in [6, 6.07) is 12.5. The van der Waals surface area contributed by atoms with Crippen LogP contribution in [0.25, 0.3) is 0 Å². The Morgan fingerprint density at radius 1 is 1.00 bits per heavy atom. The quantitative estimate of drug-likeness (QED) is 0.848. The van der Waals surface area contributed by atoms with Crippen molar-refractivity contribution in [2.24, 2.45) is 0 Å². The molecule has 4 nitrogen and oxygen atoms in total. The van der Waals surface area contributed by atoms with Gasteiger partial charge in [-0.2, -0.15) is 5.26 Å². The minimum Gasteiger partial charge on any atom is -0.368 e. The maximum atomic E-state index is 13.0. The minimum absolute atomic E-state index is 0.216. The van der Waals surface area contributed by atoms with Gasteiger partial charge < -0.3 is 9.80 Å². The van der Waals surface area contributed by atoms with Crippen molar-refractivity contribution in [2.75, 3.05) is 36.0 Å². The van der Waals surface area contributed by atoms with Gasteiger partial charge in [0, 0.05) is 38.1 Å². The lowest BCUT2D eigenvalue weighted by Gasteiger charge is -2.37. The molecule has 0 bridgehead atoms. The zero-order chi connectivity index (χ0) is 14.7. The fraction of sp³-hybridized carbons (Fsp3) is 0.250. The smallest absolute Gasteiger partial charge is 0.163 e. The predicted molar refractivity (Wildman–Crippen MR) is 79.8 cm³/mol. The zero-order valence-corrected chi connectivity index (χ0v) is 11.5. The van der Waals surface area contributed by atoms with Crippen LogP contribution in [0.3, 0.4) is 0 Å². The van der Waals surface area contributed by atoms with E-state index >= 15 is 0 Å². The van der Waals surface area contributed by atoms with Gasteiger partial charge in [0.1, 0.15) is 11.9 Å². The Kier molecular flexibility index (Phi) is 3.69. The van der Waals surface area contributed by atoms with Crippen LogP contribution in [0, 0.1) is 17.1 Å². The highest BCUT2D eigenvalue weighted by Crippen LogP contribution is 2.22. The van der Waals surface area contributed by atoms with E-state index in [1.54, 1.807) is 18.3 Å². The molecule has 106 valence electrons. The van der Waals surface area contributed by atoms with Gasteiger partial charge in [0.25, 0.3) is 0 Å². The second kappa shape index (κ2) is 5.80. The van der Waals surface area contributed by atoms with Gasteiger partial charge in [0.15, 0.2) is 5.69 Å². The summed E-state index contributed by atoms with van der Waals surface area (Å²) in [7, 11) is 0. The Morgan fingerprint density at radius 3 is 2.33 bits per heavy atom. The summed E-state index contributed by atoms with van der Waals surface area (Å²) >= 11 is 0. The number of hydrogen-bond acceptors (Lipinski definition) is 4. The van der Waals surface area contributed by atoms with E-state index in [4.69, 9.17) is 5.26 Å². The van der Waals surface area contributed by atoms with Gasteiger partial charge in [0.05, 0.1) is 5.69 Å². The second-order valence-corrected chi connectivity index (χ2v) is 4.93. The summed E-state index contributed by atoms with van der Waals surface area (Å²) in [6.45, 7) is 3.31. The van der Waals surface area contributed by atoms with E-state index in [1.807, 2.05) is 12.1 Å². The predicted octanol–water partition coefficient (Wildman–Crippen LogP) is 2.42. The van der Waals surface area contributed by atoms with E-state index in [9.17, 15) is 4.39 Å². The van der Waals surface area contributed by atoms with Crippen LogP contribution in [0.1, 0.15) is 5.69 Å². The van der Waals surface area contributed by atoms with Crippen molar-refractivity contribution in [1.82, 2.24) is 4.98 Å². The fourth-order valence-corrected chi connectivity index (χ4v) is 2.60. The maximum Gasteiger partial charge on any atom is 0.163 e.